The fourth-order valence-corrected chi connectivity index (χ4v) is 4.42. The second-order valence-electron chi connectivity index (χ2n) is 7.06. The molecule has 4 aromatic rings. The van der Waals surface area contributed by atoms with Gasteiger partial charge in [0.05, 0.1) is 28.1 Å². The predicted octanol–water partition coefficient (Wildman–Crippen LogP) is 5.54. The van der Waals surface area contributed by atoms with Crippen molar-refractivity contribution in [1.82, 2.24) is 15.0 Å². The van der Waals surface area contributed by atoms with Gasteiger partial charge in [-0.05, 0) is 61.0 Å². The van der Waals surface area contributed by atoms with Gasteiger partial charge < -0.3 is 0 Å². The van der Waals surface area contributed by atoms with Crippen LogP contribution in [0, 0.1) is 0 Å². The van der Waals surface area contributed by atoms with Gasteiger partial charge in [-0.2, -0.15) is 5.10 Å². The van der Waals surface area contributed by atoms with Crippen molar-refractivity contribution in [2.24, 2.45) is 5.10 Å². The van der Waals surface area contributed by atoms with Gasteiger partial charge in [0.1, 0.15) is 0 Å². The Balaban J connectivity index is 1.57. The third-order valence-electron chi connectivity index (χ3n) is 4.77. The molecule has 1 heterocycles. The lowest BCUT2D eigenvalue weighted by atomic mass is 10.1. The van der Waals surface area contributed by atoms with Gasteiger partial charge in [-0.25, -0.2) is 10.4 Å². The Bertz CT molecular complexity index is 1400. The van der Waals surface area contributed by atoms with Crippen LogP contribution in [0.3, 0.4) is 0 Å². The van der Waals surface area contributed by atoms with Crippen LogP contribution in [0.15, 0.2) is 96.8 Å². The normalized spacial score (nSPS) is 11.5. The molecule has 1 aromatic heterocycles. The number of carbonyl (C=O) groups is 1. The van der Waals surface area contributed by atoms with Crippen LogP contribution < -0.4 is 11.0 Å². The summed E-state index contributed by atoms with van der Waals surface area (Å²) in [4.78, 5) is 30.4. The quantitative estimate of drug-likeness (QED) is 0.139. The van der Waals surface area contributed by atoms with Gasteiger partial charge in [-0.15, -0.1) is 0 Å². The third kappa shape index (κ3) is 5.61. The maximum atomic E-state index is 13.2. The zero-order valence-electron chi connectivity index (χ0n) is 17.5. The van der Waals surface area contributed by atoms with Crippen molar-refractivity contribution >= 4 is 66.1 Å². The number of hydrogen-bond donors (Lipinski definition) is 1. The monoisotopic (exact) mass is 584 g/mol. The third-order valence-corrected chi connectivity index (χ3v) is 6.77. The van der Waals surface area contributed by atoms with Gasteiger partial charge in [0.25, 0.3) is 11.5 Å². The standard InChI is InChI=1S/C24H18Br2N4O2S/c1-15(16-6-8-17(25)9-7-16)28-29-22(31)14-33-24-27-21-5-3-2-4-20(21)23(32)30(24)19-12-10-18(26)11-13-19/h2-13H,14H2,1H3,(H,29,31). The lowest BCUT2D eigenvalue weighted by Gasteiger charge is -2.13. The maximum absolute atomic E-state index is 13.2. The van der Waals surface area contributed by atoms with E-state index >= 15 is 0 Å². The van der Waals surface area contributed by atoms with E-state index in [4.69, 9.17) is 0 Å². The second-order valence-corrected chi connectivity index (χ2v) is 9.83. The number of halogens is 2. The summed E-state index contributed by atoms with van der Waals surface area (Å²) in [6.07, 6.45) is 0. The van der Waals surface area contributed by atoms with Gasteiger partial charge >= 0.3 is 0 Å². The van der Waals surface area contributed by atoms with E-state index in [0.29, 0.717) is 27.5 Å². The first-order valence-corrected chi connectivity index (χ1v) is 12.5. The predicted molar refractivity (Wildman–Crippen MR) is 140 cm³/mol. The molecule has 0 aliphatic rings. The van der Waals surface area contributed by atoms with Crippen LogP contribution in [0.25, 0.3) is 16.6 Å². The zero-order chi connectivity index (χ0) is 23.4. The highest BCUT2D eigenvalue weighted by molar-refractivity contribution is 9.10. The first-order chi connectivity index (χ1) is 15.9. The number of para-hydroxylation sites is 1. The van der Waals surface area contributed by atoms with Gasteiger partial charge in [-0.3, -0.25) is 14.2 Å². The fraction of sp³-hybridized carbons (Fsp3) is 0.0833. The summed E-state index contributed by atoms with van der Waals surface area (Å²) in [5.41, 5.74) is 5.25. The summed E-state index contributed by atoms with van der Waals surface area (Å²) in [5, 5.41) is 5.14. The number of aromatic nitrogens is 2. The molecule has 0 radical (unpaired) electrons. The average Bonchev–Trinajstić information content (AvgIpc) is 2.82. The highest BCUT2D eigenvalue weighted by Gasteiger charge is 2.15. The van der Waals surface area contributed by atoms with E-state index in [-0.39, 0.29) is 17.2 Å². The van der Waals surface area contributed by atoms with Gasteiger partial charge in [0, 0.05) is 8.95 Å². The molecule has 0 bridgehead atoms. The average molecular weight is 586 g/mol. The summed E-state index contributed by atoms with van der Waals surface area (Å²) in [6, 6.07) is 22.2. The van der Waals surface area contributed by atoms with Crippen molar-refractivity contribution in [3.8, 4) is 5.69 Å². The molecule has 3 aromatic carbocycles. The first-order valence-electron chi connectivity index (χ1n) is 9.92. The number of carbonyl (C=O) groups excluding carboxylic acids is 1. The highest BCUT2D eigenvalue weighted by atomic mass is 79.9. The number of nitrogens with zero attached hydrogens (tertiary/aromatic N) is 3. The molecular formula is C24H18Br2N4O2S. The molecule has 0 unspecified atom stereocenters. The number of nitrogens with one attached hydrogen (secondary N) is 1. The number of amides is 1. The Kier molecular flexibility index (Phi) is 7.42. The molecule has 0 spiro atoms. The minimum Gasteiger partial charge on any atom is -0.272 e. The Hall–Kier alpha value is -2.75. The molecule has 1 N–H and O–H groups in total. The van der Waals surface area contributed by atoms with Crippen molar-refractivity contribution in [3.63, 3.8) is 0 Å². The van der Waals surface area contributed by atoms with Crippen LogP contribution in [-0.4, -0.2) is 26.9 Å². The fourth-order valence-electron chi connectivity index (χ4n) is 3.09. The minimum absolute atomic E-state index is 0.0540. The smallest absolute Gasteiger partial charge is 0.266 e. The number of thioether (sulfide) groups is 1. The van der Waals surface area contributed by atoms with E-state index in [2.05, 4.69) is 47.4 Å². The Morgan fingerprint density at radius 1 is 1.00 bits per heavy atom. The van der Waals surface area contributed by atoms with E-state index in [1.54, 1.807) is 12.1 Å². The van der Waals surface area contributed by atoms with Crippen molar-refractivity contribution in [1.29, 1.82) is 0 Å². The van der Waals surface area contributed by atoms with Crippen LogP contribution in [0.1, 0.15) is 12.5 Å². The van der Waals surface area contributed by atoms with E-state index in [1.807, 2.05) is 67.6 Å². The number of benzene rings is 3. The topological polar surface area (TPSA) is 76.3 Å². The molecule has 1 amide bonds. The number of fused-ring (bicyclic) bond motifs is 1. The van der Waals surface area contributed by atoms with Gasteiger partial charge in [-0.1, -0.05) is 67.9 Å². The molecule has 0 atom stereocenters. The number of rotatable bonds is 6. The van der Waals surface area contributed by atoms with Crippen LogP contribution in [0.2, 0.25) is 0 Å². The molecule has 0 aliphatic heterocycles. The maximum Gasteiger partial charge on any atom is 0.266 e. The van der Waals surface area contributed by atoms with Crippen LogP contribution in [0.5, 0.6) is 0 Å². The molecule has 0 saturated carbocycles. The SMILES string of the molecule is CC(=NNC(=O)CSc1nc2ccccc2c(=O)n1-c1ccc(Br)cc1)c1ccc(Br)cc1. The van der Waals surface area contributed by atoms with Crippen molar-refractivity contribution in [2.75, 3.05) is 5.75 Å². The summed E-state index contributed by atoms with van der Waals surface area (Å²) in [5.74, 6) is -0.237. The second kappa shape index (κ2) is 10.5. The molecule has 33 heavy (non-hydrogen) atoms. The minimum atomic E-state index is -0.291. The molecule has 0 saturated heterocycles. The van der Waals surface area contributed by atoms with Crippen LogP contribution >= 0.6 is 43.6 Å². The molecule has 9 heteroatoms. The van der Waals surface area contributed by atoms with Crippen molar-refractivity contribution in [2.45, 2.75) is 12.1 Å². The Morgan fingerprint density at radius 2 is 1.64 bits per heavy atom. The molecular weight excluding hydrogens is 568 g/mol. The molecule has 0 fully saturated rings. The zero-order valence-corrected chi connectivity index (χ0v) is 21.4. The van der Waals surface area contributed by atoms with Crippen LogP contribution in [0.4, 0.5) is 0 Å². The Labute approximate surface area is 211 Å². The van der Waals surface area contributed by atoms with E-state index in [0.717, 1.165) is 14.5 Å². The summed E-state index contributed by atoms with van der Waals surface area (Å²) >= 11 is 8.00. The van der Waals surface area contributed by atoms with Crippen molar-refractivity contribution < 1.29 is 4.79 Å². The molecule has 4 rings (SSSR count). The molecule has 0 aliphatic carbocycles. The van der Waals surface area contributed by atoms with E-state index in [1.165, 1.54) is 16.3 Å². The Morgan fingerprint density at radius 3 is 2.33 bits per heavy atom. The van der Waals surface area contributed by atoms with Gasteiger partial charge in [0.15, 0.2) is 5.16 Å². The van der Waals surface area contributed by atoms with E-state index < -0.39 is 0 Å². The summed E-state index contributed by atoms with van der Waals surface area (Å²) < 4.78 is 3.41. The molecule has 166 valence electrons. The van der Waals surface area contributed by atoms with Gasteiger partial charge in [0.2, 0.25) is 0 Å². The highest BCUT2D eigenvalue weighted by Crippen LogP contribution is 2.22. The van der Waals surface area contributed by atoms with E-state index in [9.17, 15) is 9.59 Å². The van der Waals surface area contributed by atoms with Crippen molar-refractivity contribution in [3.05, 3.63) is 97.7 Å². The number of hydrazone groups is 1. The molecule has 6 nitrogen and oxygen atoms in total. The largest absolute Gasteiger partial charge is 0.272 e. The summed E-state index contributed by atoms with van der Waals surface area (Å²) in [6.45, 7) is 1.83. The lowest BCUT2D eigenvalue weighted by Crippen LogP contribution is -2.24. The number of hydrogen-bond acceptors (Lipinski definition) is 5. The lowest BCUT2D eigenvalue weighted by molar-refractivity contribution is -0.118. The first kappa shape index (κ1) is 23.4. The van der Waals surface area contributed by atoms with Crippen LogP contribution in [-0.2, 0) is 4.79 Å². The summed E-state index contributed by atoms with van der Waals surface area (Å²) in [7, 11) is 0.